The van der Waals surface area contributed by atoms with Gasteiger partial charge in [-0.1, -0.05) is 55.6 Å². The molecule has 2 heterocycles. The Morgan fingerprint density at radius 2 is 1.12 bits per heavy atom. The van der Waals surface area contributed by atoms with E-state index in [2.05, 4.69) is 23.8 Å². The third kappa shape index (κ3) is 8.81. The van der Waals surface area contributed by atoms with Gasteiger partial charge in [-0.25, -0.2) is 27.5 Å². The number of nitrogens with zero attached hydrogens (tertiary/aromatic N) is 4. The number of hydrogen-bond donors (Lipinski definition) is 2. The molecule has 4 aliphatic rings. The van der Waals surface area contributed by atoms with Gasteiger partial charge >= 0.3 is 0 Å². The molecule has 10 atom stereocenters. The number of carbonyl (C=O) groups excluding carboxylic acids is 1. The number of halogens is 6. The first-order chi connectivity index (χ1) is 28.8. The number of hydrogen-bond acceptors (Lipinski definition) is 5. The quantitative estimate of drug-likeness (QED) is 0.105. The summed E-state index contributed by atoms with van der Waals surface area (Å²) >= 11 is 11.5. The van der Waals surface area contributed by atoms with Crippen LogP contribution in [0, 0.1) is 64.7 Å². The number of rotatable bonds is 10. The number of aromatic nitrogens is 4. The SMILES string of the molecule is CC[C@@H](CC(=O)Cc1ccc(Cl)cc1)C1[C@H]2CC(n3cnc4cc(F)c(F)cc43)C[C@@H]12.CC[C@@H](N)C1[C@H]2CC(n3cnc4cc(F)c(F)cc43)C[C@@H]12.Nc1ccc(Cl)cc1. The smallest absolute Gasteiger partial charge is 0.161 e. The summed E-state index contributed by atoms with van der Waals surface area (Å²) in [4.78, 5) is 21.1. The fourth-order valence-electron chi connectivity index (χ4n) is 10.6. The topological polar surface area (TPSA) is 105 Å². The molecule has 4 unspecified atom stereocenters. The lowest BCUT2D eigenvalue weighted by Gasteiger charge is -2.21. The van der Waals surface area contributed by atoms with Gasteiger partial charge in [0.2, 0.25) is 0 Å². The normalized spacial score (nSPS) is 25.8. The van der Waals surface area contributed by atoms with Crippen molar-refractivity contribution in [3.63, 3.8) is 0 Å². The molecule has 10 rings (SSSR count). The van der Waals surface area contributed by atoms with Crippen molar-refractivity contribution in [2.45, 2.75) is 83.3 Å². The summed E-state index contributed by atoms with van der Waals surface area (Å²) in [6, 6.07) is 20.3. The first-order valence-corrected chi connectivity index (χ1v) is 21.7. The van der Waals surface area contributed by atoms with E-state index in [4.69, 9.17) is 34.7 Å². The molecule has 0 radical (unpaired) electrons. The highest BCUT2D eigenvalue weighted by Crippen LogP contribution is 2.65. The summed E-state index contributed by atoms with van der Waals surface area (Å²) in [7, 11) is 0. The maximum absolute atomic E-state index is 13.7. The number of Topliss-reactive ketones (excluding diaryl/α,β-unsaturated/α-hetero) is 1. The predicted octanol–water partition coefficient (Wildman–Crippen LogP) is 11.6. The second kappa shape index (κ2) is 17.5. The summed E-state index contributed by atoms with van der Waals surface area (Å²) < 4.78 is 57.9. The molecule has 13 heteroatoms. The highest BCUT2D eigenvalue weighted by molar-refractivity contribution is 6.30. The minimum Gasteiger partial charge on any atom is -0.399 e. The van der Waals surface area contributed by atoms with Gasteiger partial charge in [-0.3, -0.25) is 4.79 Å². The van der Waals surface area contributed by atoms with Crippen LogP contribution in [-0.4, -0.2) is 30.9 Å². The predicted molar refractivity (Wildman–Crippen MR) is 229 cm³/mol. The third-order valence-corrected chi connectivity index (χ3v) is 14.2. The van der Waals surface area contributed by atoms with Crippen molar-refractivity contribution in [2.24, 2.45) is 47.2 Å². The molecule has 0 aliphatic heterocycles. The lowest BCUT2D eigenvalue weighted by Crippen LogP contribution is -2.24. The molecule has 4 aliphatic carbocycles. The van der Waals surface area contributed by atoms with Crippen molar-refractivity contribution in [3.8, 4) is 0 Å². The van der Waals surface area contributed by atoms with Crippen LogP contribution in [0.15, 0.2) is 85.5 Å². The molecule has 60 heavy (non-hydrogen) atoms. The molecule has 0 amide bonds. The van der Waals surface area contributed by atoms with Crippen molar-refractivity contribution >= 4 is 56.7 Å². The lowest BCUT2D eigenvalue weighted by atomic mass is 9.87. The number of fused-ring (bicyclic) bond motifs is 4. The average molecular weight is 862 g/mol. The molecule has 2 aromatic heterocycles. The van der Waals surface area contributed by atoms with E-state index in [0.717, 1.165) is 54.8 Å². The van der Waals surface area contributed by atoms with E-state index in [1.165, 1.54) is 24.3 Å². The van der Waals surface area contributed by atoms with Gasteiger partial charge in [0.15, 0.2) is 23.3 Å². The van der Waals surface area contributed by atoms with Gasteiger partial charge in [0, 0.05) is 71.0 Å². The largest absolute Gasteiger partial charge is 0.399 e. The number of carbonyl (C=O) groups is 1. The molecule has 0 saturated heterocycles. The van der Waals surface area contributed by atoms with E-state index in [1.807, 2.05) is 33.4 Å². The van der Waals surface area contributed by atoms with Crippen LogP contribution in [0.1, 0.15) is 76.4 Å². The van der Waals surface area contributed by atoms with Gasteiger partial charge in [-0.2, -0.15) is 0 Å². The monoisotopic (exact) mass is 860 g/mol. The average Bonchev–Trinajstić information content (AvgIpc) is 3.64. The number of nitrogens with two attached hydrogens (primary N) is 2. The van der Waals surface area contributed by atoms with Gasteiger partial charge in [-0.15, -0.1) is 0 Å². The zero-order valence-corrected chi connectivity index (χ0v) is 35.1. The molecule has 4 saturated carbocycles. The van der Waals surface area contributed by atoms with Crippen molar-refractivity contribution in [2.75, 3.05) is 5.73 Å². The minimum atomic E-state index is -0.860. The van der Waals surface area contributed by atoms with E-state index < -0.39 is 23.3 Å². The van der Waals surface area contributed by atoms with Crippen LogP contribution in [0.2, 0.25) is 10.0 Å². The highest BCUT2D eigenvalue weighted by atomic mass is 35.5. The Morgan fingerprint density at radius 3 is 1.55 bits per heavy atom. The molecule has 4 N–H and O–H groups in total. The molecule has 4 aromatic carbocycles. The molecule has 0 spiro atoms. The minimum absolute atomic E-state index is 0.267. The van der Waals surface area contributed by atoms with Crippen LogP contribution in [0.3, 0.4) is 0 Å². The van der Waals surface area contributed by atoms with Crippen molar-refractivity contribution < 1.29 is 22.4 Å². The van der Waals surface area contributed by atoms with Gasteiger partial charge in [0.05, 0.1) is 34.7 Å². The standard InChI is InChI=1S/C25H25ClF2N2O.C16H19F2N3.C6H6ClN/c1-2-15(8-18(31)7-14-3-5-16(26)6-4-14)25-19-9-17(10-20(19)25)30-13-29-23-11-21(27)22(28)12-24(23)30;1-2-13(19)16-9-3-8(4-10(9)16)21-7-20-14-5-11(17)12(18)6-15(14)21;7-5-1-3-6(8)4-2-5/h3-6,11-13,15,17,19-20,25H,2,7-10H2,1H3;5-10,13,16H,2-4,19H2,1H3;1-4H,8H2/t15-,17?,19-,20+,25?;8?,9-,10+,13-,16?;/m01./s1. The maximum Gasteiger partial charge on any atom is 0.161 e. The summed E-state index contributed by atoms with van der Waals surface area (Å²) in [5.74, 6) is 1.25. The first-order valence-electron chi connectivity index (χ1n) is 21.0. The fourth-order valence-corrected chi connectivity index (χ4v) is 10.9. The number of ketones is 1. The van der Waals surface area contributed by atoms with E-state index in [1.54, 1.807) is 36.9 Å². The van der Waals surface area contributed by atoms with Gasteiger partial charge < -0.3 is 20.6 Å². The highest BCUT2D eigenvalue weighted by Gasteiger charge is 2.59. The summed E-state index contributed by atoms with van der Waals surface area (Å²) in [5, 5.41) is 1.40. The number of nitrogen functional groups attached to an aromatic ring is 1. The Morgan fingerprint density at radius 1 is 0.683 bits per heavy atom. The van der Waals surface area contributed by atoms with E-state index >= 15 is 0 Å². The van der Waals surface area contributed by atoms with Crippen molar-refractivity contribution in [1.82, 2.24) is 19.1 Å². The second-order valence-corrected chi connectivity index (χ2v) is 18.1. The van der Waals surface area contributed by atoms with E-state index in [9.17, 15) is 22.4 Å². The van der Waals surface area contributed by atoms with Crippen LogP contribution in [0.4, 0.5) is 23.2 Å². The zero-order chi connectivity index (χ0) is 42.4. The molecule has 316 valence electrons. The molecule has 0 bridgehead atoms. The molecular weight excluding hydrogens is 811 g/mol. The Labute approximate surface area is 357 Å². The molecule has 7 nitrogen and oxygen atoms in total. The van der Waals surface area contributed by atoms with Gasteiger partial charge in [-0.05, 0) is 115 Å². The van der Waals surface area contributed by atoms with E-state index in [-0.39, 0.29) is 11.8 Å². The maximum atomic E-state index is 13.7. The van der Waals surface area contributed by atoms with Crippen LogP contribution in [-0.2, 0) is 11.2 Å². The van der Waals surface area contributed by atoms with Gasteiger partial charge in [0.1, 0.15) is 5.78 Å². The van der Waals surface area contributed by atoms with E-state index in [0.29, 0.717) is 93.4 Å². The Bertz CT molecular complexity index is 2430. The van der Waals surface area contributed by atoms with Crippen LogP contribution in [0.5, 0.6) is 0 Å². The summed E-state index contributed by atoms with van der Waals surface area (Å²) in [5.41, 5.74) is 15.6. The third-order valence-electron chi connectivity index (χ3n) is 13.7. The zero-order valence-electron chi connectivity index (χ0n) is 33.6. The Kier molecular flexibility index (Phi) is 12.3. The number of anilines is 1. The van der Waals surface area contributed by atoms with Crippen molar-refractivity contribution in [1.29, 1.82) is 0 Å². The molecule has 4 fully saturated rings. The molecular formula is C47H50Cl2F4N6O. The van der Waals surface area contributed by atoms with Crippen LogP contribution >= 0.6 is 23.2 Å². The van der Waals surface area contributed by atoms with Crippen molar-refractivity contribution in [3.05, 3.63) is 124 Å². The second-order valence-electron chi connectivity index (χ2n) is 17.2. The van der Waals surface area contributed by atoms with Crippen LogP contribution < -0.4 is 11.5 Å². The summed E-state index contributed by atoms with van der Waals surface area (Å²) in [6.07, 6.45) is 10.7. The fraction of sp³-hybridized carbons (Fsp3) is 0.426. The number of imidazole rings is 2. The Balaban J connectivity index is 0.000000147. The molecule has 6 aromatic rings. The Hall–Kier alpha value is -4.45. The lowest BCUT2D eigenvalue weighted by molar-refractivity contribution is -0.119. The number of benzene rings is 4. The van der Waals surface area contributed by atoms with Gasteiger partial charge in [0.25, 0.3) is 0 Å². The first kappa shape index (κ1) is 42.2. The van der Waals surface area contributed by atoms with Crippen LogP contribution in [0.25, 0.3) is 22.1 Å². The summed E-state index contributed by atoms with van der Waals surface area (Å²) in [6.45, 7) is 4.31.